The van der Waals surface area contributed by atoms with Gasteiger partial charge in [0.2, 0.25) is 0 Å². The third-order valence-electron chi connectivity index (χ3n) is 10.6. The minimum atomic E-state index is -0.909. The Morgan fingerprint density at radius 1 is 1.10 bits per heavy atom. The van der Waals surface area contributed by atoms with Crippen molar-refractivity contribution in [3.8, 4) is 29.6 Å². The van der Waals surface area contributed by atoms with Gasteiger partial charge in [0.25, 0.3) is 0 Å². The summed E-state index contributed by atoms with van der Waals surface area (Å²) in [7, 11) is 0. The highest BCUT2D eigenvalue weighted by molar-refractivity contribution is 6.02. The van der Waals surface area contributed by atoms with Crippen molar-refractivity contribution >= 4 is 33.6 Å². The lowest BCUT2D eigenvalue weighted by Gasteiger charge is -2.42. The van der Waals surface area contributed by atoms with E-state index in [9.17, 15) is 9.18 Å². The van der Waals surface area contributed by atoms with Crippen molar-refractivity contribution in [3.63, 3.8) is 0 Å². The van der Waals surface area contributed by atoms with E-state index in [-0.39, 0.29) is 42.0 Å². The zero-order valence-corrected chi connectivity index (χ0v) is 28.1. The highest BCUT2D eigenvalue weighted by Crippen LogP contribution is 2.42. The number of anilines is 1. The second kappa shape index (κ2) is 11.8. The molecule has 4 aliphatic rings. The molecule has 4 aromatic rings. The fourth-order valence-electron chi connectivity index (χ4n) is 8.51. The third kappa shape index (κ3) is 5.50. The summed E-state index contributed by atoms with van der Waals surface area (Å²) < 4.78 is 43.6. The molecule has 0 N–H and O–H groups in total. The number of nitrogens with zero attached hydrogens (tertiary/aromatic N) is 6. The van der Waals surface area contributed by atoms with Crippen molar-refractivity contribution in [1.29, 1.82) is 0 Å². The van der Waals surface area contributed by atoms with Crippen LogP contribution in [0.2, 0.25) is 0 Å². The first-order valence-corrected chi connectivity index (χ1v) is 17.2. The summed E-state index contributed by atoms with van der Waals surface area (Å²) in [5.74, 6) is 2.62. The number of ether oxygens (including phenoxy) is 2. The molecule has 0 aliphatic carbocycles. The number of amides is 1. The van der Waals surface area contributed by atoms with Crippen molar-refractivity contribution in [2.45, 2.75) is 82.3 Å². The maximum atomic E-state index is 16.9. The van der Waals surface area contributed by atoms with Gasteiger partial charge in [-0.15, -0.1) is 6.42 Å². The van der Waals surface area contributed by atoms with Crippen LogP contribution in [0, 0.1) is 18.2 Å². The first-order valence-electron chi connectivity index (χ1n) is 17.2. The Labute approximate surface area is 284 Å². The number of benzene rings is 2. The predicted molar refractivity (Wildman–Crippen MR) is 184 cm³/mol. The van der Waals surface area contributed by atoms with Crippen molar-refractivity contribution in [1.82, 2.24) is 24.8 Å². The Kier molecular flexibility index (Phi) is 7.63. The number of piperazine rings is 1. The van der Waals surface area contributed by atoms with Crippen LogP contribution in [0.25, 0.3) is 32.9 Å². The molecule has 1 amide bonds. The first-order chi connectivity index (χ1) is 23.5. The molecule has 2 aromatic carbocycles. The molecule has 254 valence electrons. The van der Waals surface area contributed by atoms with Crippen LogP contribution in [-0.2, 0) is 4.74 Å². The lowest BCUT2D eigenvalue weighted by atomic mass is 9.95. The lowest BCUT2D eigenvalue weighted by Crippen LogP contribution is -2.57. The van der Waals surface area contributed by atoms with E-state index in [4.69, 9.17) is 20.9 Å². The summed E-state index contributed by atoms with van der Waals surface area (Å²) in [6, 6.07) is 11.1. The van der Waals surface area contributed by atoms with Crippen LogP contribution in [0.5, 0.6) is 6.01 Å². The van der Waals surface area contributed by atoms with E-state index in [1.54, 1.807) is 6.20 Å². The van der Waals surface area contributed by atoms with Crippen molar-refractivity contribution in [3.05, 3.63) is 54.0 Å². The predicted octanol–water partition coefficient (Wildman–Crippen LogP) is 6.51. The topological polar surface area (TPSA) is 83.9 Å². The summed E-state index contributed by atoms with van der Waals surface area (Å²) in [4.78, 5) is 33.5. The second-order valence-electron chi connectivity index (χ2n) is 14.9. The Bertz CT molecular complexity index is 1990. The molecule has 9 nitrogen and oxygen atoms in total. The smallest absolute Gasteiger partial charge is 0.410 e. The van der Waals surface area contributed by atoms with Crippen LogP contribution in [0.15, 0.2) is 42.6 Å². The molecule has 4 fully saturated rings. The largest absolute Gasteiger partial charge is 0.461 e. The number of carbonyl (C=O) groups excluding carboxylic acids is 1. The molecule has 49 heavy (non-hydrogen) atoms. The molecular weight excluding hydrogens is 626 g/mol. The number of hydrogen-bond donors (Lipinski definition) is 0. The zero-order valence-electron chi connectivity index (χ0n) is 28.1. The molecule has 0 spiro atoms. The normalized spacial score (nSPS) is 25.2. The first kappa shape index (κ1) is 31.7. The van der Waals surface area contributed by atoms with Crippen LogP contribution >= 0.6 is 0 Å². The number of terminal acetylenes is 1. The van der Waals surface area contributed by atoms with Gasteiger partial charge in [-0.3, -0.25) is 14.8 Å². The molecule has 4 aliphatic heterocycles. The molecular formula is C38H40F2N6O3. The SMILES string of the molecule is C#Cc1cccc2cccc(-c3ncc4c(N5CC6CCC(C5)N6C(=O)OC(C)(C)C)nc(OCC56CCCN5C[C@@H](F)C6)nc4c3F)c12. The van der Waals surface area contributed by atoms with E-state index in [1.807, 2.05) is 62.1 Å². The monoisotopic (exact) mass is 666 g/mol. The summed E-state index contributed by atoms with van der Waals surface area (Å²) in [6.07, 6.45) is 10.1. The fraction of sp³-hybridized carbons (Fsp3) is 0.474. The molecule has 2 bridgehead atoms. The second-order valence-corrected chi connectivity index (χ2v) is 14.9. The van der Waals surface area contributed by atoms with E-state index >= 15 is 4.39 Å². The maximum absolute atomic E-state index is 16.9. The van der Waals surface area contributed by atoms with Gasteiger partial charge in [0, 0.05) is 48.8 Å². The van der Waals surface area contributed by atoms with Gasteiger partial charge in [0.15, 0.2) is 5.82 Å². The number of pyridine rings is 1. The highest BCUT2D eigenvalue weighted by atomic mass is 19.1. The molecule has 0 saturated carbocycles. The van der Waals surface area contributed by atoms with E-state index in [0.717, 1.165) is 43.0 Å². The Hall–Kier alpha value is -4.56. The summed E-state index contributed by atoms with van der Waals surface area (Å²) in [5.41, 5.74) is 0.387. The van der Waals surface area contributed by atoms with Crippen LogP contribution < -0.4 is 9.64 Å². The lowest BCUT2D eigenvalue weighted by molar-refractivity contribution is 0.0122. The van der Waals surface area contributed by atoms with E-state index < -0.39 is 23.1 Å². The number of hydrogen-bond acceptors (Lipinski definition) is 8. The Balaban J connectivity index is 1.21. The average molecular weight is 667 g/mol. The van der Waals surface area contributed by atoms with Crippen LogP contribution in [0.3, 0.4) is 0 Å². The number of aromatic nitrogens is 3. The average Bonchev–Trinajstić information content (AvgIpc) is 3.69. The minimum absolute atomic E-state index is 0.0336. The van der Waals surface area contributed by atoms with Crippen molar-refractivity contribution in [2.75, 3.05) is 37.7 Å². The fourth-order valence-corrected chi connectivity index (χ4v) is 8.51. The number of fused-ring (bicyclic) bond motifs is 5. The molecule has 4 atom stereocenters. The van der Waals surface area contributed by atoms with Crippen molar-refractivity contribution in [2.24, 2.45) is 0 Å². The van der Waals surface area contributed by atoms with Gasteiger partial charge < -0.3 is 14.4 Å². The van der Waals surface area contributed by atoms with Gasteiger partial charge in [-0.2, -0.15) is 9.97 Å². The van der Waals surface area contributed by atoms with E-state index in [2.05, 4.69) is 25.7 Å². The molecule has 8 rings (SSSR count). The standard InChI is InChI=1S/C38H40F2N6O3/c1-5-23-9-6-10-24-11-7-12-28(30(23)24)32-31(40)33-29(18-41-32)34(43-35(42-33)48-22-38-15-8-16-45(38)19-25(39)17-38)44-20-26-13-14-27(21-44)46(26)36(47)49-37(2,3)4/h1,6-7,9-12,18,25-27H,8,13-17,19-22H2,2-4H3/t25-,26?,27?,38?/m0/s1. The Morgan fingerprint density at radius 3 is 2.59 bits per heavy atom. The molecule has 4 saturated heterocycles. The van der Waals surface area contributed by atoms with E-state index in [1.165, 1.54) is 0 Å². The molecule has 2 aromatic heterocycles. The van der Waals surface area contributed by atoms with Gasteiger partial charge in [-0.1, -0.05) is 36.3 Å². The van der Waals surface area contributed by atoms with Crippen LogP contribution in [-0.4, -0.2) is 93.0 Å². The maximum Gasteiger partial charge on any atom is 0.410 e. The van der Waals surface area contributed by atoms with Gasteiger partial charge in [0.05, 0.1) is 23.0 Å². The van der Waals surface area contributed by atoms with Crippen LogP contribution in [0.4, 0.5) is 19.4 Å². The summed E-state index contributed by atoms with van der Waals surface area (Å²) >= 11 is 0. The number of rotatable bonds is 5. The number of alkyl halides is 1. The molecule has 11 heteroatoms. The van der Waals surface area contributed by atoms with Gasteiger partial charge in [-0.05, 0) is 64.5 Å². The molecule has 3 unspecified atom stereocenters. The van der Waals surface area contributed by atoms with Gasteiger partial charge >= 0.3 is 12.1 Å². The quantitative estimate of drug-likeness (QED) is 0.223. The third-order valence-corrected chi connectivity index (χ3v) is 10.6. The Morgan fingerprint density at radius 2 is 1.86 bits per heavy atom. The molecule has 0 radical (unpaired) electrons. The van der Waals surface area contributed by atoms with Crippen LogP contribution in [0.1, 0.15) is 58.4 Å². The number of halogens is 2. The van der Waals surface area contributed by atoms with Gasteiger partial charge in [0.1, 0.15) is 35.4 Å². The number of carbonyl (C=O) groups is 1. The van der Waals surface area contributed by atoms with E-state index in [0.29, 0.717) is 48.4 Å². The molecule has 6 heterocycles. The minimum Gasteiger partial charge on any atom is -0.461 e. The van der Waals surface area contributed by atoms with Crippen molar-refractivity contribution < 1.29 is 23.0 Å². The van der Waals surface area contributed by atoms with Gasteiger partial charge in [-0.25, -0.2) is 13.6 Å². The summed E-state index contributed by atoms with van der Waals surface area (Å²) in [6.45, 7) is 8.00. The zero-order chi connectivity index (χ0) is 34.1. The summed E-state index contributed by atoms with van der Waals surface area (Å²) in [5, 5.41) is 2.06. The highest BCUT2D eigenvalue weighted by Gasteiger charge is 2.50.